The van der Waals surface area contributed by atoms with E-state index in [0.29, 0.717) is 5.69 Å². The normalized spacial score (nSPS) is 27.2. The van der Waals surface area contributed by atoms with Crippen molar-refractivity contribution in [2.75, 3.05) is 12.4 Å². The average molecular weight is 341 g/mol. The van der Waals surface area contributed by atoms with Gasteiger partial charge in [-0.05, 0) is 43.2 Å². The summed E-state index contributed by atoms with van der Waals surface area (Å²) in [5.41, 5.74) is 1.57. The van der Waals surface area contributed by atoms with Crippen molar-refractivity contribution in [2.24, 2.45) is 11.8 Å². The van der Waals surface area contributed by atoms with Gasteiger partial charge >= 0.3 is 5.97 Å². The van der Waals surface area contributed by atoms with E-state index in [1.54, 1.807) is 10.9 Å². The molecule has 0 unspecified atom stereocenters. The number of fused-ring (bicyclic) bond motifs is 2. The number of nitrogens with one attached hydrogen (secondary N) is 1. The molecule has 1 N–H and O–H groups in total. The Bertz CT molecular complexity index is 772. The fraction of sp³-hybridized carbons (Fsp3) is 0.389. The predicted molar refractivity (Wildman–Crippen MR) is 89.1 cm³/mol. The lowest BCUT2D eigenvalue weighted by atomic mass is 9.78. The molecule has 7 nitrogen and oxygen atoms in total. The molecular formula is C18H19N3O4. The fourth-order valence-electron chi connectivity index (χ4n) is 3.79. The number of nitrogens with zero attached hydrogens (tertiary/aromatic N) is 2. The van der Waals surface area contributed by atoms with Gasteiger partial charge in [0.1, 0.15) is 0 Å². The first-order valence-electron chi connectivity index (χ1n) is 8.31. The maximum Gasteiger partial charge on any atom is 0.312 e. The van der Waals surface area contributed by atoms with Crippen LogP contribution < -0.4 is 5.32 Å². The summed E-state index contributed by atoms with van der Waals surface area (Å²) >= 11 is 0. The monoisotopic (exact) mass is 341 g/mol. The Morgan fingerprint density at radius 1 is 1.20 bits per heavy atom. The van der Waals surface area contributed by atoms with Crippen LogP contribution in [0.2, 0.25) is 0 Å². The number of amides is 1. The summed E-state index contributed by atoms with van der Waals surface area (Å²) in [5, 5.41) is 7.06. The van der Waals surface area contributed by atoms with Crippen LogP contribution in [-0.4, -0.2) is 41.0 Å². The van der Waals surface area contributed by atoms with E-state index < -0.39 is 11.8 Å². The Labute approximate surface area is 144 Å². The summed E-state index contributed by atoms with van der Waals surface area (Å²) < 4.78 is 12.4. The molecule has 0 saturated carbocycles. The molecule has 1 aromatic carbocycles. The summed E-state index contributed by atoms with van der Waals surface area (Å²) in [5.74, 6) is -1.60. The van der Waals surface area contributed by atoms with Gasteiger partial charge in [-0.3, -0.25) is 9.59 Å². The molecule has 2 aliphatic heterocycles. The lowest BCUT2D eigenvalue weighted by Crippen LogP contribution is -2.41. The van der Waals surface area contributed by atoms with E-state index in [2.05, 4.69) is 10.4 Å². The number of aromatic nitrogens is 2. The summed E-state index contributed by atoms with van der Waals surface area (Å²) in [6, 6.07) is 9.22. The largest absolute Gasteiger partial charge is 0.469 e. The maximum absolute atomic E-state index is 12.7. The Morgan fingerprint density at radius 2 is 1.92 bits per heavy atom. The van der Waals surface area contributed by atoms with Crippen LogP contribution >= 0.6 is 0 Å². The van der Waals surface area contributed by atoms with E-state index in [1.165, 1.54) is 7.11 Å². The number of rotatable bonds is 4. The molecule has 0 aliphatic carbocycles. The minimum Gasteiger partial charge on any atom is -0.469 e. The molecule has 4 atom stereocenters. The third-order valence-corrected chi connectivity index (χ3v) is 4.95. The van der Waals surface area contributed by atoms with Crippen LogP contribution in [0.4, 0.5) is 5.69 Å². The van der Waals surface area contributed by atoms with Crippen molar-refractivity contribution in [1.82, 2.24) is 9.78 Å². The number of anilines is 1. The van der Waals surface area contributed by atoms with Crippen LogP contribution in [0.1, 0.15) is 12.8 Å². The van der Waals surface area contributed by atoms with Crippen LogP contribution in [0.5, 0.6) is 0 Å². The third-order valence-electron chi connectivity index (χ3n) is 4.95. The van der Waals surface area contributed by atoms with Gasteiger partial charge in [0.25, 0.3) is 0 Å². The number of hydrogen-bond donors (Lipinski definition) is 1. The van der Waals surface area contributed by atoms with Crippen molar-refractivity contribution < 1.29 is 19.1 Å². The summed E-state index contributed by atoms with van der Waals surface area (Å²) in [6.45, 7) is 0. The zero-order valence-corrected chi connectivity index (χ0v) is 13.8. The number of carbonyl (C=O) groups excluding carboxylic acids is 2. The van der Waals surface area contributed by atoms with E-state index in [9.17, 15) is 9.59 Å². The molecule has 25 heavy (non-hydrogen) atoms. The first kappa shape index (κ1) is 15.8. The number of methoxy groups -OCH3 is 1. The van der Waals surface area contributed by atoms with Crippen LogP contribution in [-0.2, 0) is 19.1 Å². The van der Waals surface area contributed by atoms with Crippen LogP contribution in [0.3, 0.4) is 0 Å². The highest BCUT2D eigenvalue weighted by Crippen LogP contribution is 2.44. The molecule has 130 valence electrons. The molecule has 1 aromatic heterocycles. The average Bonchev–Trinajstić information content (AvgIpc) is 3.38. The van der Waals surface area contributed by atoms with Crippen molar-refractivity contribution in [3.8, 4) is 5.69 Å². The first-order chi connectivity index (χ1) is 12.2. The quantitative estimate of drug-likeness (QED) is 0.857. The fourth-order valence-corrected chi connectivity index (χ4v) is 3.79. The van der Waals surface area contributed by atoms with Gasteiger partial charge in [-0.25, -0.2) is 4.68 Å². The Morgan fingerprint density at radius 3 is 2.56 bits per heavy atom. The number of benzene rings is 1. The van der Waals surface area contributed by atoms with Gasteiger partial charge in [-0.2, -0.15) is 5.10 Å². The van der Waals surface area contributed by atoms with Crippen molar-refractivity contribution in [3.63, 3.8) is 0 Å². The molecule has 2 fully saturated rings. The molecule has 0 radical (unpaired) electrons. The number of ether oxygens (including phenoxy) is 2. The van der Waals surface area contributed by atoms with Crippen LogP contribution in [0.25, 0.3) is 5.69 Å². The van der Waals surface area contributed by atoms with Crippen molar-refractivity contribution in [2.45, 2.75) is 25.0 Å². The van der Waals surface area contributed by atoms with Gasteiger partial charge in [0.05, 0.1) is 36.8 Å². The Kier molecular flexibility index (Phi) is 4.01. The molecule has 7 heteroatoms. The van der Waals surface area contributed by atoms with E-state index >= 15 is 0 Å². The second kappa shape index (κ2) is 6.33. The first-order valence-corrected chi connectivity index (χ1v) is 8.31. The molecule has 3 heterocycles. The zero-order valence-electron chi connectivity index (χ0n) is 13.8. The van der Waals surface area contributed by atoms with E-state index in [4.69, 9.17) is 9.47 Å². The molecule has 2 aliphatic rings. The lowest BCUT2D eigenvalue weighted by molar-refractivity contribution is -0.150. The summed E-state index contributed by atoms with van der Waals surface area (Å²) in [7, 11) is 1.34. The zero-order chi connectivity index (χ0) is 17.4. The van der Waals surface area contributed by atoms with Crippen molar-refractivity contribution >= 4 is 17.6 Å². The molecule has 2 aromatic rings. The second-order valence-corrected chi connectivity index (χ2v) is 6.35. The standard InChI is InChI=1S/C18H19N3O4/c1-24-18(23)16-14-8-7-13(25-14)15(16)17(22)20-11-3-5-12(6-4-11)21-10-2-9-19-21/h2-6,9-10,13-16H,7-8H2,1H3,(H,20,22)/t13-,14+,15-,16+/m1/s1. The Hall–Kier alpha value is -2.67. The smallest absolute Gasteiger partial charge is 0.312 e. The summed E-state index contributed by atoms with van der Waals surface area (Å²) in [6.07, 6.45) is 4.73. The SMILES string of the molecule is COC(=O)[C@@H]1[C@H](C(=O)Nc2ccc(-n3cccn3)cc2)[C@H]2CC[C@@H]1O2. The minimum atomic E-state index is -0.521. The molecule has 4 rings (SSSR count). The van der Waals surface area contributed by atoms with E-state index in [0.717, 1.165) is 18.5 Å². The summed E-state index contributed by atoms with van der Waals surface area (Å²) in [4.78, 5) is 24.8. The van der Waals surface area contributed by atoms with Crippen molar-refractivity contribution in [3.05, 3.63) is 42.7 Å². The van der Waals surface area contributed by atoms with Gasteiger partial charge in [0.15, 0.2) is 0 Å². The third kappa shape index (κ3) is 2.80. The molecule has 2 saturated heterocycles. The predicted octanol–water partition coefficient (Wildman–Crippen LogP) is 1.78. The number of hydrogen-bond acceptors (Lipinski definition) is 5. The van der Waals surface area contributed by atoms with Gasteiger partial charge < -0.3 is 14.8 Å². The highest BCUT2D eigenvalue weighted by atomic mass is 16.5. The van der Waals surface area contributed by atoms with Crippen LogP contribution in [0, 0.1) is 11.8 Å². The molecule has 2 bridgehead atoms. The lowest BCUT2D eigenvalue weighted by Gasteiger charge is -2.25. The maximum atomic E-state index is 12.7. The van der Waals surface area contributed by atoms with Crippen molar-refractivity contribution in [1.29, 1.82) is 0 Å². The second-order valence-electron chi connectivity index (χ2n) is 6.35. The Balaban J connectivity index is 1.49. The topological polar surface area (TPSA) is 82.5 Å². The van der Waals surface area contributed by atoms with Gasteiger partial charge in [-0.1, -0.05) is 0 Å². The minimum absolute atomic E-state index is 0.200. The molecule has 1 amide bonds. The van der Waals surface area contributed by atoms with Gasteiger partial charge in [0.2, 0.25) is 5.91 Å². The highest BCUT2D eigenvalue weighted by Gasteiger charge is 2.55. The number of carbonyl (C=O) groups is 2. The highest BCUT2D eigenvalue weighted by molar-refractivity contribution is 5.96. The van der Waals surface area contributed by atoms with Gasteiger partial charge in [-0.15, -0.1) is 0 Å². The van der Waals surface area contributed by atoms with Crippen LogP contribution in [0.15, 0.2) is 42.7 Å². The van der Waals surface area contributed by atoms with E-state index in [-0.39, 0.29) is 24.1 Å². The van der Waals surface area contributed by atoms with E-state index in [1.807, 2.05) is 36.5 Å². The number of esters is 1. The van der Waals surface area contributed by atoms with Gasteiger partial charge in [0, 0.05) is 18.1 Å². The molecular weight excluding hydrogens is 322 g/mol. The molecule has 0 spiro atoms.